The molecule has 0 bridgehead atoms. The highest BCUT2D eigenvalue weighted by atomic mass is 16.1. The fourth-order valence-electron chi connectivity index (χ4n) is 1.74. The SMILES string of the molecule is CC1NC(C=O)=C2CCC=CN21. The number of aldehydes is 1. The van der Waals surface area contributed by atoms with E-state index in [4.69, 9.17) is 0 Å². The van der Waals surface area contributed by atoms with Crippen molar-refractivity contribution in [1.82, 2.24) is 10.2 Å². The van der Waals surface area contributed by atoms with Gasteiger partial charge in [-0.05, 0) is 19.8 Å². The molecule has 0 aromatic carbocycles. The molecule has 2 aliphatic heterocycles. The van der Waals surface area contributed by atoms with Gasteiger partial charge in [0.2, 0.25) is 0 Å². The minimum Gasteiger partial charge on any atom is -0.361 e. The lowest BCUT2D eigenvalue weighted by Gasteiger charge is -2.24. The highest BCUT2D eigenvalue weighted by Gasteiger charge is 2.26. The summed E-state index contributed by atoms with van der Waals surface area (Å²) in [4.78, 5) is 12.8. The van der Waals surface area contributed by atoms with E-state index in [1.807, 2.05) is 13.1 Å². The van der Waals surface area contributed by atoms with Crippen molar-refractivity contribution >= 4 is 6.29 Å². The zero-order chi connectivity index (χ0) is 8.55. The summed E-state index contributed by atoms with van der Waals surface area (Å²) in [7, 11) is 0. The summed E-state index contributed by atoms with van der Waals surface area (Å²) in [5, 5.41) is 3.13. The fraction of sp³-hybridized carbons (Fsp3) is 0.444. The van der Waals surface area contributed by atoms with Gasteiger partial charge >= 0.3 is 0 Å². The van der Waals surface area contributed by atoms with Gasteiger partial charge in [-0.1, -0.05) is 6.08 Å². The fourth-order valence-corrected chi connectivity index (χ4v) is 1.74. The van der Waals surface area contributed by atoms with E-state index < -0.39 is 0 Å². The Morgan fingerprint density at radius 3 is 3.33 bits per heavy atom. The molecule has 0 aromatic heterocycles. The van der Waals surface area contributed by atoms with Crippen molar-refractivity contribution in [2.24, 2.45) is 0 Å². The number of nitrogens with zero attached hydrogens (tertiary/aromatic N) is 1. The molecule has 1 unspecified atom stereocenters. The summed E-state index contributed by atoms with van der Waals surface area (Å²) >= 11 is 0. The van der Waals surface area contributed by atoms with Crippen molar-refractivity contribution in [3.63, 3.8) is 0 Å². The lowest BCUT2D eigenvalue weighted by molar-refractivity contribution is -0.105. The third kappa shape index (κ3) is 0.932. The average molecular weight is 164 g/mol. The number of fused-ring (bicyclic) bond motifs is 1. The maximum absolute atomic E-state index is 10.6. The van der Waals surface area contributed by atoms with Crippen LogP contribution >= 0.6 is 0 Å². The molecule has 3 nitrogen and oxygen atoms in total. The smallest absolute Gasteiger partial charge is 0.167 e. The first kappa shape index (κ1) is 7.40. The summed E-state index contributed by atoms with van der Waals surface area (Å²) in [5.41, 5.74) is 1.90. The van der Waals surface area contributed by atoms with Crippen molar-refractivity contribution in [3.05, 3.63) is 23.7 Å². The van der Waals surface area contributed by atoms with E-state index in [0.29, 0.717) is 0 Å². The quantitative estimate of drug-likeness (QED) is 0.586. The zero-order valence-corrected chi connectivity index (χ0v) is 7.08. The van der Waals surface area contributed by atoms with E-state index in [9.17, 15) is 4.79 Å². The molecule has 2 rings (SSSR count). The van der Waals surface area contributed by atoms with E-state index in [-0.39, 0.29) is 6.17 Å². The minimum atomic E-state index is 0.233. The van der Waals surface area contributed by atoms with E-state index in [1.54, 1.807) is 0 Å². The predicted octanol–water partition coefficient (Wildman–Crippen LogP) is 0.956. The van der Waals surface area contributed by atoms with Crippen LogP contribution in [0.25, 0.3) is 0 Å². The molecule has 0 radical (unpaired) electrons. The molecule has 0 saturated heterocycles. The van der Waals surface area contributed by atoms with Gasteiger partial charge in [-0.2, -0.15) is 0 Å². The monoisotopic (exact) mass is 164 g/mol. The molecular formula is C9H12N2O. The Morgan fingerprint density at radius 1 is 1.75 bits per heavy atom. The van der Waals surface area contributed by atoms with E-state index in [1.165, 1.54) is 0 Å². The second-order valence-corrected chi connectivity index (χ2v) is 3.13. The number of carbonyl (C=O) groups is 1. The molecule has 1 atom stereocenters. The van der Waals surface area contributed by atoms with Crippen LogP contribution in [0.2, 0.25) is 0 Å². The first-order valence-corrected chi connectivity index (χ1v) is 4.23. The first-order valence-electron chi connectivity index (χ1n) is 4.23. The van der Waals surface area contributed by atoms with E-state index in [2.05, 4.69) is 16.3 Å². The van der Waals surface area contributed by atoms with Gasteiger partial charge in [0, 0.05) is 11.9 Å². The molecule has 0 aliphatic carbocycles. The van der Waals surface area contributed by atoms with Crippen LogP contribution < -0.4 is 5.32 Å². The number of rotatable bonds is 1. The molecule has 0 spiro atoms. The molecule has 0 fully saturated rings. The molecule has 12 heavy (non-hydrogen) atoms. The molecule has 2 heterocycles. The van der Waals surface area contributed by atoms with Crippen LogP contribution in [0, 0.1) is 0 Å². The number of carbonyl (C=O) groups excluding carboxylic acids is 1. The Balaban J connectivity index is 2.35. The number of hydrogen-bond acceptors (Lipinski definition) is 3. The van der Waals surface area contributed by atoms with Gasteiger partial charge in [-0.15, -0.1) is 0 Å². The van der Waals surface area contributed by atoms with Gasteiger partial charge < -0.3 is 10.2 Å². The molecule has 1 N–H and O–H groups in total. The zero-order valence-electron chi connectivity index (χ0n) is 7.08. The van der Waals surface area contributed by atoms with Crippen LogP contribution in [0.5, 0.6) is 0 Å². The van der Waals surface area contributed by atoms with E-state index >= 15 is 0 Å². The predicted molar refractivity (Wildman–Crippen MR) is 45.9 cm³/mol. The van der Waals surface area contributed by atoms with Crippen LogP contribution in [-0.2, 0) is 4.79 Å². The highest BCUT2D eigenvalue weighted by Crippen LogP contribution is 2.26. The standard InChI is InChI=1S/C9H12N2O/c1-7-10-8(6-12)9-4-2-3-5-11(7)9/h3,5-7,10H,2,4H2,1H3. The molecule has 3 heteroatoms. The Kier molecular flexibility index (Phi) is 1.64. The molecule has 0 saturated carbocycles. The largest absolute Gasteiger partial charge is 0.361 e. The number of allylic oxidation sites excluding steroid dienone is 3. The maximum Gasteiger partial charge on any atom is 0.167 e. The van der Waals surface area contributed by atoms with E-state index in [0.717, 1.165) is 30.5 Å². The molecule has 0 aromatic rings. The summed E-state index contributed by atoms with van der Waals surface area (Å²) in [6.07, 6.45) is 7.34. The normalized spacial score (nSPS) is 27.1. The molecule has 64 valence electrons. The van der Waals surface area contributed by atoms with Crippen LogP contribution in [0.4, 0.5) is 0 Å². The third-order valence-electron chi connectivity index (χ3n) is 2.34. The third-order valence-corrected chi connectivity index (χ3v) is 2.34. The van der Waals surface area contributed by atoms with Gasteiger partial charge in [-0.25, -0.2) is 0 Å². The van der Waals surface area contributed by atoms with Crippen LogP contribution in [-0.4, -0.2) is 17.4 Å². The van der Waals surface area contributed by atoms with Crippen LogP contribution in [0.15, 0.2) is 23.7 Å². The van der Waals surface area contributed by atoms with Crippen molar-refractivity contribution in [3.8, 4) is 0 Å². The lowest BCUT2D eigenvalue weighted by Crippen LogP contribution is -2.31. The summed E-state index contributed by atoms with van der Waals surface area (Å²) in [5.74, 6) is 0. The van der Waals surface area contributed by atoms with Crippen LogP contribution in [0.3, 0.4) is 0 Å². The maximum atomic E-state index is 10.6. The first-order chi connectivity index (χ1) is 5.83. The van der Waals surface area contributed by atoms with Gasteiger partial charge in [0.05, 0.1) is 5.70 Å². The van der Waals surface area contributed by atoms with Crippen molar-refractivity contribution in [1.29, 1.82) is 0 Å². The van der Waals surface area contributed by atoms with Gasteiger partial charge in [0.15, 0.2) is 6.29 Å². The average Bonchev–Trinajstić information content (AvgIpc) is 2.44. The van der Waals surface area contributed by atoms with Gasteiger partial charge in [0.25, 0.3) is 0 Å². The van der Waals surface area contributed by atoms with Crippen molar-refractivity contribution in [2.45, 2.75) is 25.9 Å². The second-order valence-electron chi connectivity index (χ2n) is 3.13. The summed E-state index contributed by atoms with van der Waals surface area (Å²) < 4.78 is 0. The minimum absolute atomic E-state index is 0.233. The van der Waals surface area contributed by atoms with Gasteiger partial charge in [0.1, 0.15) is 6.17 Å². The molecule has 0 amide bonds. The van der Waals surface area contributed by atoms with Gasteiger partial charge in [-0.3, -0.25) is 4.79 Å². The summed E-state index contributed by atoms with van der Waals surface area (Å²) in [6.45, 7) is 2.05. The Labute approximate surface area is 71.7 Å². The highest BCUT2D eigenvalue weighted by molar-refractivity contribution is 5.74. The Bertz CT molecular complexity index is 268. The second kappa shape index (κ2) is 2.66. The molecule has 2 aliphatic rings. The van der Waals surface area contributed by atoms with Crippen LogP contribution in [0.1, 0.15) is 19.8 Å². The Morgan fingerprint density at radius 2 is 2.58 bits per heavy atom. The number of hydrogen-bond donors (Lipinski definition) is 1. The number of nitrogens with one attached hydrogen (secondary N) is 1. The topological polar surface area (TPSA) is 32.3 Å². The van der Waals surface area contributed by atoms with Crippen molar-refractivity contribution < 1.29 is 4.79 Å². The summed E-state index contributed by atoms with van der Waals surface area (Å²) in [6, 6.07) is 0. The lowest BCUT2D eigenvalue weighted by atomic mass is 10.1. The Hall–Kier alpha value is -1.25. The molecular weight excluding hydrogens is 152 g/mol. The van der Waals surface area contributed by atoms with Crippen molar-refractivity contribution in [2.75, 3.05) is 0 Å².